The van der Waals surface area contributed by atoms with Gasteiger partial charge in [0, 0.05) is 6.07 Å². The topological polar surface area (TPSA) is 90.7 Å². The third-order valence-corrected chi connectivity index (χ3v) is 2.61. The van der Waals surface area contributed by atoms with E-state index in [9.17, 15) is 14.9 Å². The van der Waals surface area contributed by atoms with E-state index in [1.807, 2.05) is 0 Å². The summed E-state index contributed by atoms with van der Waals surface area (Å²) >= 11 is 0. The van der Waals surface area contributed by atoms with Gasteiger partial charge in [-0.3, -0.25) is 15.4 Å². The number of nitro benzene ring substituents is 1. The lowest BCUT2D eigenvalue weighted by Gasteiger charge is -2.21. The SMILES string of the molecule is CC(C)(C)OC(=O)Nc1ccc([N+](=O)[O-])c2c1OCC=C2. The number of ether oxygens (including phenoxy) is 2. The van der Waals surface area contributed by atoms with Crippen molar-refractivity contribution in [2.45, 2.75) is 26.4 Å². The van der Waals surface area contributed by atoms with Gasteiger partial charge in [0.2, 0.25) is 0 Å². The van der Waals surface area contributed by atoms with Crippen LogP contribution in [0.5, 0.6) is 5.75 Å². The fraction of sp³-hybridized carbons (Fsp3) is 0.357. The predicted octanol–water partition coefficient (Wildman–Crippen LogP) is 3.35. The fourth-order valence-corrected chi connectivity index (χ4v) is 1.87. The van der Waals surface area contributed by atoms with Crippen molar-refractivity contribution in [3.8, 4) is 5.75 Å². The molecule has 7 nitrogen and oxygen atoms in total. The van der Waals surface area contributed by atoms with Gasteiger partial charge in [0.15, 0.2) is 5.75 Å². The van der Waals surface area contributed by atoms with Crippen LogP contribution in [0, 0.1) is 10.1 Å². The molecule has 0 bridgehead atoms. The van der Waals surface area contributed by atoms with E-state index >= 15 is 0 Å². The van der Waals surface area contributed by atoms with Crippen LogP contribution in [0.25, 0.3) is 6.08 Å². The standard InChI is InChI=1S/C14H16N2O5/c1-14(2,3)21-13(17)15-10-6-7-11(16(18)19)9-5-4-8-20-12(9)10/h4-7H,8H2,1-3H3,(H,15,17). The molecule has 0 spiro atoms. The Morgan fingerprint density at radius 2 is 2.14 bits per heavy atom. The maximum atomic E-state index is 11.8. The number of benzene rings is 1. The molecule has 0 saturated carbocycles. The number of carbonyl (C=O) groups is 1. The number of rotatable bonds is 2. The van der Waals surface area contributed by atoms with E-state index in [1.54, 1.807) is 32.9 Å². The molecule has 2 rings (SSSR count). The van der Waals surface area contributed by atoms with Crippen LogP contribution in [0.15, 0.2) is 18.2 Å². The molecule has 112 valence electrons. The number of hydrogen-bond donors (Lipinski definition) is 1. The van der Waals surface area contributed by atoms with Crippen molar-refractivity contribution in [1.82, 2.24) is 0 Å². The Morgan fingerprint density at radius 3 is 2.76 bits per heavy atom. The monoisotopic (exact) mass is 292 g/mol. The van der Waals surface area contributed by atoms with Crippen molar-refractivity contribution < 1.29 is 19.2 Å². The van der Waals surface area contributed by atoms with Crippen molar-refractivity contribution in [3.63, 3.8) is 0 Å². The molecule has 1 aliphatic rings. The van der Waals surface area contributed by atoms with Crippen LogP contribution in [0.4, 0.5) is 16.2 Å². The lowest BCUT2D eigenvalue weighted by atomic mass is 10.1. The van der Waals surface area contributed by atoms with E-state index in [1.165, 1.54) is 12.1 Å². The van der Waals surface area contributed by atoms with Gasteiger partial charge in [0.1, 0.15) is 12.2 Å². The van der Waals surface area contributed by atoms with Crippen molar-refractivity contribution in [2.24, 2.45) is 0 Å². The highest BCUT2D eigenvalue weighted by atomic mass is 16.6. The Morgan fingerprint density at radius 1 is 1.43 bits per heavy atom. The van der Waals surface area contributed by atoms with Gasteiger partial charge in [-0.2, -0.15) is 0 Å². The molecule has 0 unspecified atom stereocenters. The summed E-state index contributed by atoms with van der Waals surface area (Å²) in [6.45, 7) is 5.53. The van der Waals surface area contributed by atoms with Gasteiger partial charge in [0.05, 0.1) is 16.2 Å². The second kappa shape index (κ2) is 5.43. The highest BCUT2D eigenvalue weighted by Gasteiger charge is 2.24. The molecule has 7 heteroatoms. The van der Waals surface area contributed by atoms with Crippen molar-refractivity contribution in [3.05, 3.63) is 33.9 Å². The average Bonchev–Trinajstić information content (AvgIpc) is 2.36. The molecule has 0 fully saturated rings. The molecule has 1 heterocycles. The highest BCUT2D eigenvalue weighted by molar-refractivity contribution is 5.90. The number of anilines is 1. The zero-order chi connectivity index (χ0) is 15.6. The molecule has 0 aliphatic carbocycles. The van der Waals surface area contributed by atoms with E-state index in [2.05, 4.69) is 5.32 Å². The Bertz CT molecular complexity index is 617. The minimum Gasteiger partial charge on any atom is -0.486 e. The molecule has 1 aromatic rings. The van der Waals surface area contributed by atoms with Crippen LogP contribution in [0.2, 0.25) is 0 Å². The smallest absolute Gasteiger partial charge is 0.412 e. The number of hydrogen-bond acceptors (Lipinski definition) is 5. The molecular weight excluding hydrogens is 276 g/mol. The minimum absolute atomic E-state index is 0.0734. The van der Waals surface area contributed by atoms with Crippen LogP contribution in [-0.2, 0) is 4.74 Å². The largest absolute Gasteiger partial charge is 0.486 e. The Balaban J connectivity index is 2.32. The average molecular weight is 292 g/mol. The first-order valence-electron chi connectivity index (χ1n) is 6.38. The first-order valence-corrected chi connectivity index (χ1v) is 6.38. The van der Waals surface area contributed by atoms with Crippen LogP contribution >= 0.6 is 0 Å². The molecule has 1 aliphatic heterocycles. The van der Waals surface area contributed by atoms with Gasteiger partial charge in [0.25, 0.3) is 5.69 Å². The van der Waals surface area contributed by atoms with Crippen molar-refractivity contribution in [2.75, 3.05) is 11.9 Å². The van der Waals surface area contributed by atoms with E-state index in [-0.39, 0.29) is 18.0 Å². The summed E-state index contributed by atoms with van der Waals surface area (Å²) in [5.41, 5.74) is -0.0317. The molecule has 21 heavy (non-hydrogen) atoms. The molecule has 0 atom stereocenters. The highest BCUT2D eigenvalue weighted by Crippen LogP contribution is 2.38. The minimum atomic E-state index is -0.642. The van der Waals surface area contributed by atoms with Crippen molar-refractivity contribution in [1.29, 1.82) is 0 Å². The van der Waals surface area contributed by atoms with Crippen LogP contribution in [0.3, 0.4) is 0 Å². The van der Waals surface area contributed by atoms with Crippen LogP contribution in [-0.4, -0.2) is 23.2 Å². The number of carbonyl (C=O) groups excluding carboxylic acids is 1. The van der Waals surface area contributed by atoms with Crippen LogP contribution < -0.4 is 10.1 Å². The number of nitro groups is 1. The van der Waals surface area contributed by atoms with E-state index in [0.29, 0.717) is 11.3 Å². The third-order valence-electron chi connectivity index (χ3n) is 2.61. The maximum absolute atomic E-state index is 11.8. The zero-order valence-electron chi connectivity index (χ0n) is 12.0. The lowest BCUT2D eigenvalue weighted by molar-refractivity contribution is -0.385. The quantitative estimate of drug-likeness (QED) is 0.666. The second-order valence-electron chi connectivity index (χ2n) is 5.47. The summed E-state index contributed by atoms with van der Waals surface area (Å²) in [7, 11) is 0. The van der Waals surface area contributed by atoms with Gasteiger partial charge in [-0.1, -0.05) is 0 Å². The number of amides is 1. The molecule has 0 radical (unpaired) electrons. The zero-order valence-corrected chi connectivity index (χ0v) is 12.0. The van der Waals surface area contributed by atoms with Gasteiger partial charge in [-0.05, 0) is 39.0 Å². The van der Waals surface area contributed by atoms with Gasteiger partial charge in [-0.15, -0.1) is 0 Å². The third kappa shape index (κ3) is 3.50. The number of nitrogens with zero attached hydrogens (tertiary/aromatic N) is 1. The van der Waals surface area contributed by atoms with Gasteiger partial charge < -0.3 is 9.47 Å². The first-order chi connectivity index (χ1) is 9.78. The number of fused-ring (bicyclic) bond motifs is 1. The molecule has 1 aromatic carbocycles. The van der Waals surface area contributed by atoms with Gasteiger partial charge >= 0.3 is 6.09 Å². The Kier molecular flexibility index (Phi) is 3.84. The summed E-state index contributed by atoms with van der Waals surface area (Å²) in [6.07, 6.45) is 2.64. The maximum Gasteiger partial charge on any atom is 0.412 e. The molecule has 1 amide bonds. The molecule has 1 N–H and O–H groups in total. The van der Waals surface area contributed by atoms with E-state index in [0.717, 1.165) is 0 Å². The summed E-state index contributed by atoms with van der Waals surface area (Å²) in [4.78, 5) is 22.3. The summed E-state index contributed by atoms with van der Waals surface area (Å²) in [6, 6.07) is 2.75. The predicted molar refractivity (Wildman–Crippen MR) is 77.5 cm³/mol. The Hall–Kier alpha value is -2.57. The normalized spacial score (nSPS) is 13.1. The summed E-state index contributed by atoms with van der Waals surface area (Å²) in [5.74, 6) is 0.276. The molecule has 0 aromatic heterocycles. The fourth-order valence-electron chi connectivity index (χ4n) is 1.87. The van der Waals surface area contributed by atoms with Gasteiger partial charge in [-0.25, -0.2) is 4.79 Å². The van der Waals surface area contributed by atoms with E-state index < -0.39 is 16.6 Å². The first kappa shape index (κ1) is 14.8. The van der Waals surface area contributed by atoms with Crippen LogP contribution in [0.1, 0.15) is 26.3 Å². The number of nitrogens with one attached hydrogen (secondary N) is 1. The molecular formula is C14H16N2O5. The van der Waals surface area contributed by atoms with E-state index in [4.69, 9.17) is 9.47 Å². The lowest BCUT2D eigenvalue weighted by Crippen LogP contribution is -2.27. The molecule has 0 saturated heterocycles. The summed E-state index contributed by atoms with van der Waals surface area (Å²) < 4.78 is 10.6. The van der Waals surface area contributed by atoms with Crippen molar-refractivity contribution >= 4 is 23.5 Å². The Labute approximate surface area is 121 Å². The second-order valence-corrected chi connectivity index (χ2v) is 5.47. The summed E-state index contributed by atoms with van der Waals surface area (Å²) in [5, 5.41) is 13.5.